The van der Waals surface area contributed by atoms with Crippen molar-refractivity contribution in [1.82, 2.24) is 10.0 Å². The van der Waals surface area contributed by atoms with E-state index in [-0.39, 0.29) is 21.4 Å². The zero-order chi connectivity index (χ0) is 19.3. The van der Waals surface area contributed by atoms with Gasteiger partial charge in [0.1, 0.15) is 17.5 Å². The van der Waals surface area contributed by atoms with E-state index >= 15 is 0 Å². The summed E-state index contributed by atoms with van der Waals surface area (Å²) in [5.41, 5.74) is 0. The molecular formula is C13H15Cl2F3N2O3S2. The van der Waals surface area contributed by atoms with Gasteiger partial charge in [-0.05, 0) is 36.6 Å². The molecule has 12 heteroatoms. The lowest BCUT2D eigenvalue weighted by molar-refractivity contribution is -0.139. The van der Waals surface area contributed by atoms with Crippen molar-refractivity contribution in [2.45, 2.75) is 23.5 Å². The van der Waals surface area contributed by atoms with Gasteiger partial charge >= 0.3 is 6.18 Å². The smallest absolute Gasteiger partial charge is 0.346 e. The highest BCUT2D eigenvalue weighted by Crippen LogP contribution is 2.25. The number of hydrogen-bond acceptors (Lipinski definition) is 4. The Morgan fingerprint density at radius 2 is 1.96 bits per heavy atom. The van der Waals surface area contributed by atoms with Gasteiger partial charge in [0.2, 0.25) is 15.9 Å². The molecule has 0 radical (unpaired) electrons. The first-order valence-corrected chi connectivity index (χ1v) is 10.4. The molecular weight excluding hydrogens is 424 g/mol. The second kappa shape index (κ2) is 9.31. The lowest BCUT2D eigenvalue weighted by atomic mass is 10.2. The first-order valence-electron chi connectivity index (χ1n) is 6.77. The average Bonchev–Trinajstić information content (AvgIpc) is 2.50. The lowest BCUT2D eigenvalue weighted by Gasteiger charge is -2.19. The Bertz CT molecular complexity index is 715. The van der Waals surface area contributed by atoms with Crippen LogP contribution < -0.4 is 10.0 Å². The van der Waals surface area contributed by atoms with Gasteiger partial charge in [-0.25, -0.2) is 8.42 Å². The van der Waals surface area contributed by atoms with Gasteiger partial charge in [0.15, 0.2) is 0 Å². The van der Waals surface area contributed by atoms with E-state index in [9.17, 15) is 26.4 Å². The molecule has 0 aliphatic rings. The van der Waals surface area contributed by atoms with Crippen molar-refractivity contribution in [3.63, 3.8) is 0 Å². The zero-order valence-electron chi connectivity index (χ0n) is 12.9. The van der Waals surface area contributed by atoms with Gasteiger partial charge in [-0.1, -0.05) is 23.2 Å². The Hall–Kier alpha value is -0.680. The summed E-state index contributed by atoms with van der Waals surface area (Å²) in [4.78, 5) is 11.6. The van der Waals surface area contributed by atoms with E-state index in [0.717, 1.165) is 6.07 Å². The Morgan fingerprint density at radius 1 is 1.32 bits per heavy atom. The number of hydrogen-bond donors (Lipinski definition) is 2. The fourth-order valence-electron chi connectivity index (χ4n) is 1.72. The molecule has 1 unspecified atom stereocenters. The number of amides is 1. The number of rotatable bonds is 8. The Morgan fingerprint density at radius 3 is 2.52 bits per heavy atom. The molecule has 1 aromatic carbocycles. The highest BCUT2D eigenvalue weighted by Gasteiger charge is 2.31. The van der Waals surface area contributed by atoms with Gasteiger partial charge < -0.3 is 5.32 Å². The van der Waals surface area contributed by atoms with Crippen molar-refractivity contribution in [1.29, 1.82) is 0 Å². The Balaban J connectivity index is 2.99. The third kappa shape index (κ3) is 7.61. The van der Waals surface area contributed by atoms with Crippen LogP contribution in [0.5, 0.6) is 0 Å². The molecule has 0 aliphatic heterocycles. The zero-order valence-corrected chi connectivity index (χ0v) is 16.0. The number of sulfonamides is 1. The van der Waals surface area contributed by atoms with E-state index in [2.05, 4.69) is 4.72 Å². The SMILES string of the molecule is CSCCC(NS(=O)(=O)c1cc(Cl)ccc1Cl)C(=O)NCC(F)(F)F. The van der Waals surface area contributed by atoms with Crippen LogP contribution in [0.15, 0.2) is 23.1 Å². The predicted molar refractivity (Wildman–Crippen MR) is 92.6 cm³/mol. The minimum absolute atomic E-state index is 0.00225. The highest BCUT2D eigenvalue weighted by molar-refractivity contribution is 7.98. The monoisotopic (exact) mass is 438 g/mol. The molecule has 2 N–H and O–H groups in total. The number of carbonyl (C=O) groups excluding carboxylic acids is 1. The summed E-state index contributed by atoms with van der Waals surface area (Å²) in [6.07, 6.45) is -2.88. The van der Waals surface area contributed by atoms with E-state index in [1.54, 1.807) is 11.6 Å². The van der Waals surface area contributed by atoms with Crippen LogP contribution in [0.3, 0.4) is 0 Å². The van der Waals surface area contributed by atoms with E-state index in [0.29, 0.717) is 5.75 Å². The second-order valence-corrected chi connectivity index (χ2v) is 8.37. The van der Waals surface area contributed by atoms with Crippen molar-refractivity contribution < 1.29 is 26.4 Å². The van der Waals surface area contributed by atoms with Gasteiger partial charge in [-0.2, -0.15) is 29.7 Å². The maximum Gasteiger partial charge on any atom is 0.405 e. The molecule has 0 aromatic heterocycles. The molecule has 1 amide bonds. The molecule has 0 saturated heterocycles. The van der Waals surface area contributed by atoms with Gasteiger partial charge in [0.05, 0.1) is 5.02 Å². The van der Waals surface area contributed by atoms with Crippen LogP contribution in [0.4, 0.5) is 13.2 Å². The lowest BCUT2D eigenvalue weighted by Crippen LogP contribution is -2.49. The quantitative estimate of drug-likeness (QED) is 0.653. The highest BCUT2D eigenvalue weighted by atomic mass is 35.5. The third-order valence-electron chi connectivity index (χ3n) is 2.87. The van der Waals surface area contributed by atoms with Crippen molar-refractivity contribution in [3.8, 4) is 0 Å². The molecule has 0 spiro atoms. The number of thioether (sulfide) groups is 1. The summed E-state index contributed by atoms with van der Waals surface area (Å²) in [5.74, 6) is -0.719. The minimum Gasteiger partial charge on any atom is -0.346 e. The molecule has 0 heterocycles. The molecule has 1 atom stereocenters. The molecule has 0 saturated carbocycles. The van der Waals surface area contributed by atoms with E-state index < -0.39 is 34.7 Å². The van der Waals surface area contributed by atoms with E-state index in [1.807, 2.05) is 0 Å². The number of halogens is 5. The molecule has 5 nitrogen and oxygen atoms in total. The maximum atomic E-state index is 12.4. The summed E-state index contributed by atoms with van der Waals surface area (Å²) in [5, 5.41) is 1.65. The first-order chi connectivity index (χ1) is 11.5. The average molecular weight is 439 g/mol. The van der Waals surface area contributed by atoms with Crippen molar-refractivity contribution in [3.05, 3.63) is 28.2 Å². The second-order valence-electron chi connectivity index (χ2n) is 4.86. The maximum absolute atomic E-state index is 12.4. The van der Waals surface area contributed by atoms with Gasteiger partial charge in [0.25, 0.3) is 0 Å². The van der Waals surface area contributed by atoms with E-state index in [1.165, 1.54) is 23.9 Å². The molecule has 1 rings (SSSR count). The first kappa shape index (κ1) is 22.4. The van der Waals surface area contributed by atoms with Gasteiger partial charge in [0, 0.05) is 5.02 Å². The van der Waals surface area contributed by atoms with Gasteiger partial charge in [-0.3, -0.25) is 4.79 Å². The number of nitrogens with one attached hydrogen (secondary N) is 2. The van der Waals surface area contributed by atoms with Crippen LogP contribution in [0.1, 0.15) is 6.42 Å². The van der Waals surface area contributed by atoms with Crippen LogP contribution >= 0.6 is 35.0 Å². The van der Waals surface area contributed by atoms with E-state index in [4.69, 9.17) is 23.2 Å². The van der Waals surface area contributed by atoms with Crippen LogP contribution in [-0.2, 0) is 14.8 Å². The van der Waals surface area contributed by atoms with Crippen molar-refractivity contribution >= 4 is 50.9 Å². The molecule has 142 valence electrons. The predicted octanol–water partition coefficient (Wildman–Crippen LogP) is 3.07. The van der Waals surface area contributed by atoms with Crippen LogP contribution in [0.2, 0.25) is 10.0 Å². The molecule has 0 aliphatic carbocycles. The summed E-state index contributed by atoms with van der Waals surface area (Å²) in [6.45, 7) is -1.55. The fourth-order valence-corrected chi connectivity index (χ4v) is 4.19. The molecule has 0 fully saturated rings. The largest absolute Gasteiger partial charge is 0.405 e. The number of alkyl halides is 3. The van der Waals surface area contributed by atoms with Crippen molar-refractivity contribution in [2.75, 3.05) is 18.6 Å². The summed E-state index contributed by atoms with van der Waals surface area (Å²) < 4.78 is 63.7. The van der Waals surface area contributed by atoms with Crippen molar-refractivity contribution in [2.24, 2.45) is 0 Å². The number of carbonyl (C=O) groups is 1. The molecule has 25 heavy (non-hydrogen) atoms. The standard InChI is InChI=1S/C13H15Cl2F3N2O3S2/c1-24-5-4-10(12(21)19-7-13(16,17)18)20-25(22,23)11-6-8(14)2-3-9(11)15/h2-3,6,10,20H,4-5,7H2,1H3,(H,19,21). The number of benzene rings is 1. The Labute approximate surface area is 157 Å². The van der Waals surface area contributed by atoms with Gasteiger partial charge in [-0.15, -0.1) is 0 Å². The Kier molecular flexibility index (Phi) is 8.33. The summed E-state index contributed by atoms with van der Waals surface area (Å²) in [6, 6.07) is 2.35. The van der Waals surface area contributed by atoms with Crippen LogP contribution in [0.25, 0.3) is 0 Å². The fraction of sp³-hybridized carbons (Fsp3) is 0.462. The summed E-state index contributed by atoms with van der Waals surface area (Å²) >= 11 is 12.9. The molecule has 1 aromatic rings. The molecule has 0 bridgehead atoms. The van der Waals surface area contributed by atoms with Crippen LogP contribution in [0, 0.1) is 0 Å². The third-order valence-corrected chi connectivity index (χ3v) is 5.70. The van der Waals surface area contributed by atoms with Crippen LogP contribution in [-0.4, -0.2) is 45.1 Å². The topological polar surface area (TPSA) is 75.3 Å². The summed E-state index contributed by atoms with van der Waals surface area (Å²) in [7, 11) is -4.26. The normalized spacial score (nSPS) is 13.5. The minimum atomic E-state index is -4.60.